The molecule has 4 heteroatoms. The zero-order chi connectivity index (χ0) is 15.2. The molecular weight excluding hydrogens is 272 g/mol. The molecule has 2 rings (SSSR count). The highest BCUT2D eigenvalue weighted by atomic mass is 19.1. The lowest BCUT2D eigenvalue weighted by Gasteiger charge is -2.20. The normalized spacial score (nSPS) is 9.90. The van der Waals surface area contributed by atoms with Gasteiger partial charge >= 0.3 is 0 Å². The van der Waals surface area contributed by atoms with Crippen molar-refractivity contribution in [2.45, 2.75) is 6.54 Å². The van der Waals surface area contributed by atoms with Gasteiger partial charge < -0.3 is 10.0 Å². The van der Waals surface area contributed by atoms with E-state index in [4.69, 9.17) is 5.11 Å². The summed E-state index contributed by atoms with van der Waals surface area (Å²) in [5.74, 6) is 4.24. The molecule has 0 bridgehead atoms. The first-order valence-corrected chi connectivity index (χ1v) is 6.45. The number of hydrogen-bond acceptors (Lipinski definition) is 2. The third kappa shape index (κ3) is 3.80. The standard InChI is InChI=1S/C17H15F2NO/c1-20(17-7-3-2-6-16(17)19)12-13-8-9-15(18)14(11-13)5-4-10-21/h2-3,6-9,11,21H,10,12H2,1H3. The fourth-order valence-corrected chi connectivity index (χ4v) is 2.02. The number of aliphatic hydroxyl groups excluding tert-OH is 1. The van der Waals surface area contributed by atoms with E-state index in [1.165, 1.54) is 12.1 Å². The quantitative estimate of drug-likeness (QED) is 0.877. The molecule has 21 heavy (non-hydrogen) atoms. The monoisotopic (exact) mass is 287 g/mol. The Morgan fingerprint density at radius 1 is 1.10 bits per heavy atom. The van der Waals surface area contributed by atoms with Crippen LogP contribution in [0.25, 0.3) is 0 Å². The number of para-hydroxylation sites is 1. The molecular formula is C17H15F2NO. The molecule has 2 aromatic carbocycles. The van der Waals surface area contributed by atoms with Crippen LogP contribution in [0.5, 0.6) is 0 Å². The first-order valence-electron chi connectivity index (χ1n) is 6.45. The van der Waals surface area contributed by atoms with E-state index >= 15 is 0 Å². The molecule has 0 saturated heterocycles. The number of rotatable bonds is 3. The third-order valence-corrected chi connectivity index (χ3v) is 3.02. The summed E-state index contributed by atoms with van der Waals surface area (Å²) in [4.78, 5) is 1.74. The second kappa shape index (κ2) is 6.87. The van der Waals surface area contributed by atoms with Crippen LogP contribution in [0.15, 0.2) is 42.5 Å². The van der Waals surface area contributed by atoms with Gasteiger partial charge in [0.2, 0.25) is 0 Å². The van der Waals surface area contributed by atoms with E-state index < -0.39 is 5.82 Å². The van der Waals surface area contributed by atoms with Crippen molar-refractivity contribution in [3.63, 3.8) is 0 Å². The zero-order valence-corrected chi connectivity index (χ0v) is 11.6. The molecule has 0 amide bonds. The van der Waals surface area contributed by atoms with Crippen LogP contribution in [0.4, 0.5) is 14.5 Å². The lowest BCUT2D eigenvalue weighted by atomic mass is 10.1. The predicted octanol–water partition coefficient (Wildman–Crippen LogP) is 2.95. The highest BCUT2D eigenvalue weighted by molar-refractivity contribution is 5.48. The van der Waals surface area contributed by atoms with Gasteiger partial charge in [-0.1, -0.05) is 30.0 Å². The van der Waals surface area contributed by atoms with Gasteiger partial charge in [-0.05, 0) is 29.8 Å². The van der Waals surface area contributed by atoms with Crippen molar-refractivity contribution in [3.05, 3.63) is 65.2 Å². The van der Waals surface area contributed by atoms with E-state index in [9.17, 15) is 8.78 Å². The molecule has 0 aliphatic heterocycles. The molecule has 0 atom stereocenters. The van der Waals surface area contributed by atoms with Crippen LogP contribution < -0.4 is 4.90 Å². The van der Waals surface area contributed by atoms with Gasteiger partial charge in [-0.25, -0.2) is 8.78 Å². The van der Waals surface area contributed by atoms with Gasteiger partial charge in [0, 0.05) is 13.6 Å². The molecule has 2 aromatic rings. The molecule has 2 nitrogen and oxygen atoms in total. The van der Waals surface area contributed by atoms with Crippen molar-refractivity contribution < 1.29 is 13.9 Å². The predicted molar refractivity (Wildman–Crippen MR) is 78.9 cm³/mol. The maximum Gasteiger partial charge on any atom is 0.146 e. The summed E-state index contributed by atoms with van der Waals surface area (Å²) in [5, 5.41) is 8.67. The largest absolute Gasteiger partial charge is 0.384 e. The molecule has 0 spiro atoms. The van der Waals surface area contributed by atoms with Crippen LogP contribution >= 0.6 is 0 Å². The Bertz CT molecular complexity index is 689. The van der Waals surface area contributed by atoms with Gasteiger partial charge in [0.15, 0.2) is 0 Å². The molecule has 108 valence electrons. The Morgan fingerprint density at radius 2 is 1.86 bits per heavy atom. The summed E-state index contributed by atoms with van der Waals surface area (Å²) in [6.07, 6.45) is 0. The molecule has 0 aromatic heterocycles. The van der Waals surface area contributed by atoms with Crippen LogP contribution in [0.3, 0.4) is 0 Å². The van der Waals surface area contributed by atoms with Crippen molar-refractivity contribution >= 4 is 5.69 Å². The summed E-state index contributed by atoms with van der Waals surface area (Å²) >= 11 is 0. The number of aliphatic hydroxyl groups is 1. The van der Waals surface area contributed by atoms with E-state index in [0.717, 1.165) is 5.56 Å². The molecule has 0 radical (unpaired) electrons. The average molecular weight is 287 g/mol. The smallest absolute Gasteiger partial charge is 0.146 e. The maximum atomic E-state index is 13.7. The number of nitrogens with zero attached hydrogens (tertiary/aromatic N) is 1. The van der Waals surface area contributed by atoms with Crippen LogP contribution in [0.1, 0.15) is 11.1 Å². The number of hydrogen-bond donors (Lipinski definition) is 1. The van der Waals surface area contributed by atoms with Crippen molar-refractivity contribution in [1.82, 2.24) is 0 Å². The molecule has 0 aliphatic rings. The topological polar surface area (TPSA) is 23.5 Å². The van der Waals surface area contributed by atoms with Gasteiger partial charge in [-0.3, -0.25) is 0 Å². The summed E-state index contributed by atoms with van der Waals surface area (Å²) in [5.41, 5.74) is 1.51. The molecule has 1 N–H and O–H groups in total. The minimum absolute atomic E-state index is 0.225. The van der Waals surface area contributed by atoms with Crippen LogP contribution in [-0.4, -0.2) is 18.8 Å². The molecule has 0 unspecified atom stereocenters. The van der Waals surface area contributed by atoms with Crippen LogP contribution in [-0.2, 0) is 6.54 Å². The summed E-state index contributed by atoms with van der Waals surface area (Å²) in [6.45, 7) is 0.105. The fourth-order valence-electron chi connectivity index (χ4n) is 2.02. The molecule has 0 saturated carbocycles. The Hall–Kier alpha value is -2.38. The maximum absolute atomic E-state index is 13.7. The van der Waals surface area contributed by atoms with Crippen LogP contribution in [0.2, 0.25) is 0 Å². The molecule has 0 heterocycles. The van der Waals surface area contributed by atoms with Crippen molar-refractivity contribution in [1.29, 1.82) is 0 Å². The molecule has 0 fully saturated rings. The Labute approximate surface area is 122 Å². The zero-order valence-electron chi connectivity index (χ0n) is 11.6. The first-order chi connectivity index (χ1) is 10.1. The highest BCUT2D eigenvalue weighted by Crippen LogP contribution is 2.20. The summed E-state index contributed by atoms with van der Waals surface area (Å²) < 4.78 is 27.3. The Morgan fingerprint density at radius 3 is 2.57 bits per heavy atom. The van der Waals surface area contributed by atoms with Crippen molar-refractivity contribution in [2.75, 3.05) is 18.6 Å². The van der Waals surface area contributed by atoms with Gasteiger partial charge in [0.05, 0.1) is 11.3 Å². The number of benzene rings is 2. The van der Waals surface area contributed by atoms with Gasteiger partial charge in [0.1, 0.15) is 18.2 Å². The van der Waals surface area contributed by atoms with Crippen molar-refractivity contribution in [2.24, 2.45) is 0 Å². The van der Waals surface area contributed by atoms with E-state index in [1.54, 1.807) is 42.3 Å². The van der Waals surface area contributed by atoms with E-state index in [0.29, 0.717) is 12.2 Å². The minimum atomic E-state index is -0.437. The lowest BCUT2D eigenvalue weighted by Crippen LogP contribution is -2.17. The lowest BCUT2D eigenvalue weighted by molar-refractivity contribution is 0.350. The van der Waals surface area contributed by atoms with Gasteiger partial charge in [-0.2, -0.15) is 0 Å². The van der Waals surface area contributed by atoms with E-state index in [2.05, 4.69) is 11.8 Å². The van der Waals surface area contributed by atoms with E-state index in [-0.39, 0.29) is 18.0 Å². The Balaban J connectivity index is 2.22. The van der Waals surface area contributed by atoms with E-state index in [1.807, 2.05) is 0 Å². The fraction of sp³-hybridized carbons (Fsp3) is 0.176. The summed E-state index contributed by atoms with van der Waals surface area (Å²) in [6, 6.07) is 11.0. The average Bonchev–Trinajstić information content (AvgIpc) is 2.48. The highest BCUT2D eigenvalue weighted by Gasteiger charge is 2.08. The second-order valence-corrected chi connectivity index (χ2v) is 4.58. The SMILES string of the molecule is CN(Cc1ccc(F)c(C#CCO)c1)c1ccccc1F. The summed E-state index contributed by atoms with van der Waals surface area (Å²) in [7, 11) is 1.76. The molecule has 0 aliphatic carbocycles. The van der Waals surface area contributed by atoms with Gasteiger partial charge in [-0.15, -0.1) is 0 Å². The third-order valence-electron chi connectivity index (χ3n) is 3.02. The van der Waals surface area contributed by atoms with Crippen LogP contribution in [0, 0.1) is 23.5 Å². The first kappa shape index (κ1) is 15.0. The second-order valence-electron chi connectivity index (χ2n) is 4.58. The van der Waals surface area contributed by atoms with Crippen molar-refractivity contribution in [3.8, 4) is 11.8 Å². The Kier molecular flexibility index (Phi) is 4.91. The number of halogens is 2. The van der Waals surface area contributed by atoms with Gasteiger partial charge in [0.25, 0.3) is 0 Å². The minimum Gasteiger partial charge on any atom is -0.384 e. The number of anilines is 1.